The van der Waals surface area contributed by atoms with Gasteiger partial charge in [0.2, 0.25) is 5.82 Å². The molecule has 0 N–H and O–H groups in total. The van der Waals surface area contributed by atoms with E-state index in [9.17, 15) is 4.79 Å². The van der Waals surface area contributed by atoms with Crippen LogP contribution in [0.15, 0.2) is 30.3 Å². The van der Waals surface area contributed by atoms with E-state index in [4.69, 9.17) is 4.74 Å². The Kier molecular flexibility index (Phi) is 4.06. The molecule has 1 aliphatic heterocycles. The number of aryl methyl sites for hydroxylation is 1. The van der Waals surface area contributed by atoms with E-state index in [0.29, 0.717) is 13.2 Å². The van der Waals surface area contributed by atoms with Gasteiger partial charge in [0.15, 0.2) is 0 Å². The van der Waals surface area contributed by atoms with Crippen LogP contribution < -0.4 is 0 Å². The van der Waals surface area contributed by atoms with Gasteiger partial charge < -0.3 is 9.64 Å². The van der Waals surface area contributed by atoms with Gasteiger partial charge in [-0.3, -0.25) is 4.79 Å². The Morgan fingerprint density at radius 2 is 2.00 bits per heavy atom. The second-order valence-electron chi connectivity index (χ2n) is 6.49. The number of morpholine rings is 1. The number of amides is 1. The number of fused-ring (bicyclic) bond motifs is 1. The van der Waals surface area contributed by atoms with Crippen molar-refractivity contribution in [2.45, 2.75) is 44.8 Å². The van der Waals surface area contributed by atoms with Crippen molar-refractivity contribution in [2.75, 3.05) is 13.2 Å². The first-order valence-corrected chi connectivity index (χ1v) is 8.66. The molecule has 1 aliphatic carbocycles. The lowest BCUT2D eigenvalue weighted by molar-refractivity contribution is -0.0755. The maximum Gasteiger partial charge on any atom is 0.293 e. The second kappa shape index (κ2) is 6.36. The normalized spacial score (nSPS) is 23.8. The molecular formula is C18H22N4O2. The van der Waals surface area contributed by atoms with Crippen molar-refractivity contribution in [3.63, 3.8) is 0 Å². The molecule has 2 fully saturated rings. The minimum Gasteiger partial charge on any atom is -0.374 e. The zero-order chi connectivity index (χ0) is 16.5. The molecule has 6 heteroatoms. The van der Waals surface area contributed by atoms with Gasteiger partial charge in [0.1, 0.15) is 5.82 Å². The molecule has 1 saturated heterocycles. The number of benzene rings is 1. The minimum absolute atomic E-state index is 0.0759. The Hall–Kier alpha value is -2.21. The van der Waals surface area contributed by atoms with E-state index in [1.54, 1.807) is 4.68 Å². The maximum absolute atomic E-state index is 13.0. The third kappa shape index (κ3) is 2.71. The Morgan fingerprint density at radius 3 is 2.83 bits per heavy atom. The molecule has 2 heterocycles. The fourth-order valence-electron chi connectivity index (χ4n) is 3.77. The molecule has 2 aromatic rings. The molecular weight excluding hydrogens is 304 g/mol. The van der Waals surface area contributed by atoms with Crippen molar-refractivity contribution >= 4 is 5.91 Å². The van der Waals surface area contributed by atoms with Crippen LogP contribution in [0.25, 0.3) is 5.69 Å². The van der Waals surface area contributed by atoms with Crippen LogP contribution in [-0.2, 0) is 4.74 Å². The Balaban J connectivity index is 1.60. The second-order valence-corrected chi connectivity index (χ2v) is 6.49. The third-order valence-corrected chi connectivity index (χ3v) is 4.95. The summed E-state index contributed by atoms with van der Waals surface area (Å²) >= 11 is 0. The average molecular weight is 326 g/mol. The maximum atomic E-state index is 13.0. The zero-order valence-electron chi connectivity index (χ0n) is 13.9. The first-order valence-electron chi connectivity index (χ1n) is 8.66. The Labute approximate surface area is 141 Å². The summed E-state index contributed by atoms with van der Waals surface area (Å²) in [6, 6.07) is 9.95. The summed E-state index contributed by atoms with van der Waals surface area (Å²) in [5.74, 6) is 0.925. The molecule has 1 aromatic carbocycles. The predicted molar refractivity (Wildman–Crippen MR) is 89.1 cm³/mol. The van der Waals surface area contributed by atoms with E-state index >= 15 is 0 Å². The van der Waals surface area contributed by atoms with Crippen LogP contribution in [0, 0.1) is 6.92 Å². The van der Waals surface area contributed by atoms with E-state index in [2.05, 4.69) is 10.1 Å². The van der Waals surface area contributed by atoms with E-state index in [1.807, 2.05) is 42.2 Å². The molecule has 2 atom stereocenters. The summed E-state index contributed by atoms with van der Waals surface area (Å²) in [7, 11) is 0. The number of rotatable bonds is 2. The smallest absolute Gasteiger partial charge is 0.293 e. The molecule has 126 valence electrons. The lowest BCUT2D eigenvalue weighted by Gasteiger charge is -2.43. The first-order chi connectivity index (χ1) is 11.7. The molecule has 1 amide bonds. The molecule has 0 spiro atoms. The van der Waals surface area contributed by atoms with Crippen molar-refractivity contribution in [3.8, 4) is 5.69 Å². The highest BCUT2D eigenvalue weighted by atomic mass is 16.5. The van der Waals surface area contributed by atoms with Gasteiger partial charge in [-0.1, -0.05) is 31.0 Å². The van der Waals surface area contributed by atoms with Crippen LogP contribution in [0.1, 0.15) is 42.1 Å². The highest BCUT2D eigenvalue weighted by molar-refractivity contribution is 5.90. The van der Waals surface area contributed by atoms with E-state index in [1.165, 1.54) is 6.42 Å². The van der Waals surface area contributed by atoms with Gasteiger partial charge in [-0.25, -0.2) is 9.67 Å². The number of carbonyl (C=O) groups is 1. The molecule has 1 saturated carbocycles. The fraction of sp³-hybridized carbons (Fsp3) is 0.500. The van der Waals surface area contributed by atoms with Gasteiger partial charge in [-0.05, 0) is 31.9 Å². The van der Waals surface area contributed by atoms with E-state index in [-0.39, 0.29) is 23.9 Å². The first kappa shape index (κ1) is 15.3. The summed E-state index contributed by atoms with van der Waals surface area (Å²) in [6.07, 6.45) is 4.56. The third-order valence-electron chi connectivity index (χ3n) is 4.95. The quantitative estimate of drug-likeness (QED) is 0.850. The molecule has 1 aromatic heterocycles. The molecule has 0 unspecified atom stereocenters. The van der Waals surface area contributed by atoms with Gasteiger partial charge in [-0.15, -0.1) is 5.10 Å². The summed E-state index contributed by atoms with van der Waals surface area (Å²) in [6.45, 7) is 3.10. The van der Waals surface area contributed by atoms with Crippen molar-refractivity contribution in [3.05, 3.63) is 42.0 Å². The van der Waals surface area contributed by atoms with Gasteiger partial charge in [0.25, 0.3) is 5.91 Å². The van der Waals surface area contributed by atoms with Gasteiger partial charge in [0.05, 0.1) is 24.4 Å². The largest absolute Gasteiger partial charge is 0.374 e. The minimum atomic E-state index is -0.0759. The van der Waals surface area contributed by atoms with Crippen LogP contribution in [0.4, 0.5) is 0 Å². The van der Waals surface area contributed by atoms with E-state index in [0.717, 1.165) is 30.8 Å². The van der Waals surface area contributed by atoms with Crippen LogP contribution in [-0.4, -0.2) is 50.9 Å². The van der Waals surface area contributed by atoms with Gasteiger partial charge in [-0.2, -0.15) is 0 Å². The number of hydrogen-bond acceptors (Lipinski definition) is 4. The average Bonchev–Trinajstić information content (AvgIpc) is 3.03. The van der Waals surface area contributed by atoms with Crippen molar-refractivity contribution in [2.24, 2.45) is 0 Å². The standard InChI is InChI=1S/C18H22N4O2/c1-13-19-17(20-22(13)14-7-3-2-4-8-14)18(23)21-11-12-24-16-10-6-5-9-15(16)21/h2-4,7-8,15-16H,5-6,9-12H2,1H3/t15-,16+/m0/s1. The summed E-state index contributed by atoms with van der Waals surface area (Å²) < 4.78 is 7.58. The van der Waals surface area contributed by atoms with Crippen LogP contribution in [0.2, 0.25) is 0 Å². The van der Waals surface area contributed by atoms with Crippen LogP contribution in [0.5, 0.6) is 0 Å². The van der Waals surface area contributed by atoms with Crippen LogP contribution in [0.3, 0.4) is 0 Å². The molecule has 0 radical (unpaired) electrons. The highest BCUT2D eigenvalue weighted by Crippen LogP contribution is 2.29. The number of nitrogens with zero attached hydrogens (tertiary/aromatic N) is 4. The zero-order valence-corrected chi connectivity index (χ0v) is 13.9. The summed E-state index contributed by atoms with van der Waals surface area (Å²) in [4.78, 5) is 19.3. The lowest BCUT2D eigenvalue weighted by Crippen LogP contribution is -2.55. The molecule has 24 heavy (non-hydrogen) atoms. The number of ether oxygens (including phenoxy) is 1. The number of carbonyl (C=O) groups excluding carboxylic acids is 1. The number of aromatic nitrogens is 3. The topological polar surface area (TPSA) is 60.3 Å². The SMILES string of the molecule is Cc1nc(C(=O)N2CCO[C@@H]3CCCC[C@@H]32)nn1-c1ccccc1. The van der Waals surface area contributed by atoms with Crippen LogP contribution >= 0.6 is 0 Å². The van der Waals surface area contributed by atoms with E-state index < -0.39 is 0 Å². The molecule has 0 bridgehead atoms. The number of hydrogen-bond donors (Lipinski definition) is 0. The summed E-state index contributed by atoms with van der Waals surface area (Å²) in [5.41, 5.74) is 0.916. The molecule has 4 rings (SSSR count). The highest BCUT2D eigenvalue weighted by Gasteiger charge is 2.38. The van der Waals surface area contributed by atoms with Crippen molar-refractivity contribution in [1.29, 1.82) is 0 Å². The van der Waals surface area contributed by atoms with Gasteiger partial charge >= 0.3 is 0 Å². The van der Waals surface area contributed by atoms with Gasteiger partial charge in [0, 0.05) is 6.54 Å². The fourth-order valence-corrected chi connectivity index (χ4v) is 3.77. The predicted octanol–water partition coefficient (Wildman–Crippen LogP) is 2.36. The Morgan fingerprint density at radius 1 is 1.21 bits per heavy atom. The number of para-hydroxylation sites is 1. The monoisotopic (exact) mass is 326 g/mol. The Bertz CT molecular complexity index is 726. The van der Waals surface area contributed by atoms with Crippen molar-refractivity contribution in [1.82, 2.24) is 19.7 Å². The lowest BCUT2D eigenvalue weighted by atomic mass is 9.90. The van der Waals surface area contributed by atoms with Crippen molar-refractivity contribution < 1.29 is 9.53 Å². The molecule has 2 aliphatic rings. The molecule has 6 nitrogen and oxygen atoms in total. The summed E-state index contributed by atoms with van der Waals surface area (Å²) in [5, 5.41) is 4.47.